The zero-order valence-corrected chi connectivity index (χ0v) is 12.3. The third-order valence-electron chi connectivity index (χ3n) is 3.05. The van der Waals surface area contributed by atoms with Gasteiger partial charge in [-0.05, 0) is 29.8 Å². The zero-order chi connectivity index (χ0) is 15.9. The van der Waals surface area contributed by atoms with E-state index in [0.717, 1.165) is 5.56 Å². The van der Waals surface area contributed by atoms with Gasteiger partial charge in [0.25, 0.3) is 5.91 Å². The van der Waals surface area contributed by atoms with Crippen molar-refractivity contribution in [2.45, 2.75) is 6.54 Å². The van der Waals surface area contributed by atoms with Crippen molar-refractivity contribution in [1.29, 1.82) is 0 Å². The highest BCUT2D eigenvalue weighted by Crippen LogP contribution is 2.20. The van der Waals surface area contributed by atoms with Crippen molar-refractivity contribution in [3.63, 3.8) is 0 Å². The Balaban J connectivity index is 2.10. The summed E-state index contributed by atoms with van der Waals surface area (Å²) in [4.78, 5) is 27.5. The van der Waals surface area contributed by atoms with Gasteiger partial charge < -0.3 is 14.8 Å². The average molecular weight is 300 g/mol. The van der Waals surface area contributed by atoms with Crippen LogP contribution in [0.5, 0.6) is 5.75 Å². The van der Waals surface area contributed by atoms with Crippen LogP contribution in [0.15, 0.2) is 42.7 Å². The van der Waals surface area contributed by atoms with Crippen molar-refractivity contribution in [2.24, 2.45) is 0 Å². The number of hydrogen-bond acceptors (Lipinski definition) is 5. The van der Waals surface area contributed by atoms with Crippen LogP contribution < -0.4 is 10.1 Å². The fourth-order valence-electron chi connectivity index (χ4n) is 1.92. The quantitative estimate of drug-likeness (QED) is 0.852. The van der Waals surface area contributed by atoms with E-state index in [1.807, 2.05) is 0 Å². The Morgan fingerprint density at radius 3 is 2.68 bits per heavy atom. The number of nitrogens with zero attached hydrogens (tertiary/aromatic N) is 1. The van der Waals surface area contributed by atoms with Crippen molar-refractivity contribution in [2.75, 3.05) is 14.2 Å². The number of hydrogen-bond donors (Lipinski definition) is 1. The van der Waals surface area contributed by atoms with Crippen LogP contribution in [0.2, 0.25) is 0 Å². The highest BCUT2D eigenvalue weighted by atomic mass is 16.5. The van der Waals surface area contributed by atoms with E-state index in [-0.39, 0.29) is 12.5 Å². The molecule has 0 saturated heterocycles. The molecular formula is C16H16N2O4. The van der Waals surface area contributed by atoms with Gasteiger partial charge in [0.1, 0.15) is 11.3 Å². The van der Waals surface area contributed by atoms with Crippen LogP contribution in [0.4, 0.5) is 0 Å². The average Bonchev–Trinajstić information content (AvgIpc) is 2.59. The van der Waals surface area contributed by atoms with Gasteiger partial charge in [0.2, 0.25) is 0 Å². The molecule has 0 spiro atoms. The summed E-state index contributed by atoms with van der Waals surface area (Å²) in [7, 11) is 2.78. The first-order valence-electron chi connectivity index (χ1n) is 6.59. The van der Waals surface area contributed by atoms with Crippen LogP contribution in [0, 0.1) is 0 Å². The first-order chi connectivity index (χ1) is 10.7. The number of rotatable bonds is 5. The number of carbonyl (C=O) groups excluding carboxylic acids is 2. The number of aromatic nitrogens is 1. The van der Waals surface area contributed by atoms with E-state index in [2.05, 4.69) is 10.3 Å². The van der Waals surface area contributed by atoms with Gasteiger partial charge in [0.15, 0.2) is 0 Å². The summed E-state index contributed by atoms with van der Waals surface area (Å²) in [5, 5.41) is 2.77. The summed E-state index contributed by atoms with van der Waals surface area (Å²) in [5.41, 5.74) is 1.56. The highest BCUT2D eigenvalue weighted by Gasteiger charge is 2.14. The lowest BCUT2D eigenvalue weighted by atomic mass is 10.1. The summed E-state index contributed by atoms with van der Waals surface area (Å²) in [5.74, 6) is -0.296. The smallest absolute Gasteiger partial charge is 0.341 e. The van der Waals surface area contributed by atoms with Crippen molar-refractivity contribution in [1.82, 2.24) is 10.3 Å². The molecule has 0 unspecified atom stereocenters. The second kappa shape index (κ2) is 7.21. The normalized spacial score (nSPS) is 9.91. The summed E-state index contributed by atoms with van der Waals surface area (Å²) in [6.07, 6.45) is 3.09. The first kappa shape index (κ1) is 15.5. The Labute approximate surface area is 128 Å². The van der Waals surface area contributed by atoms with E-state index >= 15 is 0 Å². The van der Waals surface area contributed by atoms with Crippen LogP contribution in [0.3, 0.4) is 0 Å². The molecule has 22 heavy (non-hydrogen) atoms. The molecule has 1 N–H and O–H groups in total. The number of benzene rings is 1. The molecule has 1 amide bonds. The topological polar surface area (TPSA) is 77.5 Å². The molecular weight excluding hydrogens is 284 g/mol. The molecule has 0 atom stereocenters. The van der Waals surface area contributed by atoms with Gasteiger partial charge in [0.05, 0.1) is 19.8 Å². The van der Waals surface area contributed by atoms with E-state index in [1.54, 1.807) is 36.5 Å². The molecule has 0 aliphatic heterocycles. The Hall–Kier alpha value is -2.89. The molecule has 2 aromatic rings. The number of amides is 1. The lowest BCUT2D eigenvalue weighted by molar-refractivity contribution is 0.0597. The maximum atomic E-state index is 11.9. The number of carbonyl (C=O) groups is 2. The SMILES string of the molecule is COC(=O)c1cc(CNC(=O)c2cccnc2)ccc1OC. The van der Waals surface area contributed by atoms with E-state index in [0.29, 0.717) is 16.9 Å². The molecule has 6 heteroatoms. The molecule has 1 heterocycles. The molecule has 1 aromatic carbocycles. The molecule has 0 radical (unpaired) electrons. The molecule has 1 aromatic heterocycles. The molecule has 2 rings (SSSR count). The molecule has 114 valence electrons. The predicted octanol–water partition coefficient (Wildman–Crippen LogP) is 1.81. The van der Waals surface area contributed by atoms with Crippen LogP contribution in [-0.2, 0) is 11.3 Å². The summed E-state index contributed by atoms with van der Waals surface area (Å²) in [6, 6.07) is 8.44. The number of ether oxygens (including phenoxy) is 2. The minimum absolute atomic E-state index is 0.233. The third kappa shape index (κ3) is 3.60. The van der Waals surface area contributed by atoms with E-state index in [1.165, 1.54) is 20.4 Å². The molecule has 6 nitrogen and oxygen atoms in total. The van der Waals surface area contributed by atoms with Crippen LogP contribution in [0.1, 0.15) is 26.3 Å². The van der Waals surface area contributed by atoms with Gasteiger partial charge in [-0.3, -0.25) is 9.78 Å². The van der Waals surface area contributed by atoms with Gasteiger partial charge in [-0.25, -0.2) is 4.79 Å². The van der Waals surface area contributed by atoms with Gasteiger partial charge in [-0.15, -0.1) is 0 Å². The number of esters is 1. The van der Waals surface area contributed by atoms with Crippen LogP contribution in [-0.4, -0.2) is 31.1 Å². The van der Waals surface area contributed by atoms with Gasteiger partial charge >= 0.3 is 5.97 Å². The Bertz CT molecular complexity index is 671. The van der Waals surface area contributed by atoms with Gasteiger partial charge in [-0.1, -0.05) is 6.07 Å². The largest absolute Gasteiger partial charge is 0.496 e. The summed E-state index contributed by atoms with van der Waals surface area (Å²) in [6.45, 7) is 0.279. The second-order valence-electron chi connectivity index (χ2n) is 4.45. The third-order valence-corrected chi connectivity index (χ3v) is 3.05. The van der Waals surface area contributed by atoms with Crippen molar-refractivity contribution >= 4 is 11.9 Å². The fourth-order valence-corrected chi connectivity index (χ4v) is 1.92. The Kier molecular flexibility index (Phi) is 5.08. The lowest BCUT2D eigenvalue weighted by Gasteiger charge is -2.10. The van der Waals surface area contributed by atoms with E-state index in [4.69, 9.17) is 9.47 Å². The molecule has 0 fully saturated rings. The predicted molar refractivity (Wildman–Crippen MR) is 79.7 cm³/mol. The van der Waals surface area contributed by atoms with Crippen molar-refractivity contribution in [3.8, 4) is 5.75 Å². The molecule has 0 bridgehead atoms. The monoisotopic (exact) mass is 300 g/mol. The molecule has 0 aliphatic rings. The maximum absolute atomic E-state index is 11.9. The van der Waals surface area contributed by atoms with Crippen molar-refractivity contribution < 1.29 is 19.1 Å². The van der Waals surface area contributed by atoms with Gasteiger partial charge in [-0.2, -0.15) is 0 Å². The number of nitrogens with one attached hydrogen (secondary N) is 1. The second-order valence-corrected chi connectivity index (χ2v) is 4.45. The zero-order valence-electron chi connectivity index (χ0n) is 12.3. The Morgan fingerprint density at radius 1 is 1.23 bits per heavy atom. The molecule has 0 aliphatic carbocycles. The number of methoxy groups -OCH3 is 2. The Morgan fingerprint density at radius 2 is 2.05 bits per heavy atom. The van der Waals surface area contributed by atoms with Gasteiger partial charge in [0, 0.05) is 18.9 Å². The van der Waals surface area contributed by atoms with Crippen molar-refractivity contribution in [3.05, 3.63) is 59.4 Å². The minimum atomic E-state index is -0.489. The fraction of sp³-hybridized carbons (Fsp3) is 0.188. The standard InChI is InChI=1S/C16H16N2O4/c1-21-14-6-5-11(8-13(14)16(20)22-2)9-18-15(19)12-4-3-7-17-10-12/h3-8,10H,9H2,1-2H3,(H,18,19). The van der Waals surface area contributed by atoms with E-state index in [9.17, 15) is 9.59 Å². The van der Waals surface area contributed by atoms with Crippen LogP contribution >= 0.6 is 0 Å². The minimum Gasteiger partial charge on any atom is -0.496 e. The maximum Gasteiger partial charge on any atom is 0.341 e. The lowest BCUT2D eigenvalue weighted by Crippen LogP contribution is -2.23. The highest BCUT2D eigenvalue weighted by molar-refractivity contribution is 5.94. The summed E-state index contributed by atoms with van der Waals surface area (Å²) >= 11 is 0. The first-order valence-corrected chi connectivity index (χ1v) is 6.59. The van der Waals surface area contributed by atoms with Crippen LogP contribution in [0.25, 0.3) is 0 Å². The number of pyridine rings is 1. The van der Waals surface area contributed by atoms with E-state index < -0.39 is 5.97 Å². The molecule has 0 saturated carbocycles. The summed E-state index contributed by atoms with van der Waals surface area (Å²) < 4.78 is 9.84.